The maximum atomic E-state index is 12.7. The molecule has 1 aliphatic heterocycles. The summed E-state index contributed by atoms with van der Waals surface area (Å²) in [5.41, 5.74) is 4.53. The highest BCUT2D eigenvalue weighted by molar-refractivity contribution is 5.84. The molecule has 0 saturated carbocycles. The van der Waals surface area contributed by atoms with E-state index in [2.05, 4.69) is 22.8 Å². The first kappa shape index (κ1) is 23.7. The summed E-state index contributed by atoms with van der Waals surface area (Å²) < 4.78 is 11.1. The van der Waals surface area contributed by atoms with Crippen LogP contribution >= 0.6 is 0 Å². The molecule has 4 N–H and O–H groups in total. The van der Waals surface area contributed by atoms with Gasteiger partial charge in [0.1, 0.15) is 12.6 Å². The Bertz CT molecular complexity index is 1010. The Labute approximate surface area is 197 Å². The van der Waals surface area contributed by atoms with Crippen molar-refractivity contribution in [2.24, 2.45) is 5.92 Å². The maximum Gasteiger partial charge on any atom is 0.407 e. The Morgan fingerprint density at radius 1 is 1.06 bits per heavy atom. The number of ether oxygens (including phenoxy) is 2. The molecule has 0 bridgehead atoms. The summed E-state index contributed by atoms with van der Waals surface area (Å²) in [6.07, 6.45) is -0.110. The van der Waals surface area contributed by atoms with Crippen molar-refractivity contribution in [2.45, 2.75) is 30.8 Å². The fraction of sp³-hybridized carbons (Fsp3) is 0.400. The maximum absolute atomic E-state index is 12.7. The number of alkyl carbamates (subject to hydrolysis) is 1. The number of carbonyl (C=O) groups is 3. The minimum Gasteiger partial charge on any atom is -0.480 e. The fourth-order valence-electron chi connectivity index (χ4n) is 4.66. The van der Waals surface area contributed by atoms with E-state index in [-0.39, 0.29) is 37.5 Å². The molecular weight excluding hydrogens is 440 g/mol. The Morgan fingerprint density at radius 2 is 1.71 bits per heavy atom. The minimum atomic E-state index is -1.37. The third-order valence-corrected chi connectivity index (χ3v) is 6.38. The number of hydrogen-bond donors (Lipinski definition) is 4. The largest absolute Gasteiger partial charge is 0.480 e. The molecule has 0 spiro atoms. The second-order valence-electron chi connectivity index (χ2n) is 8.55. The van der Waals surface area contributed by atoms with E-state index in [4.69, 9.17) is 19.7 Å². The van der Waals surface area contributed by atoms with Crippen LogP contribution in [0.15, 0.2) is 48.5 Å². The molecule has 1 aliphatic carbocycles. The predicted molar refractivity (Wildman–Crippen MR) is 122 cm³/mol. The van der Waals surface area contributed by atoms with Crippen molar-refractivity contribution in [3.05, 3.63) is 59.7 Å². The number of carboxylic acid groups (broad SMARTS) is 1. The van der Waals surface area contributed by atoms with Crippen molar-refractivity contribution in [1.29, 1.82) is 0 Å². The molecular formula is C25H28N2O7. The number of benzene rings is 2. The number of amides is 2. The topological polar surface area (TPSA) is 134 Å². The molecule has 4 rings (SSSR count). The first-order valence-electron chi connectivity index (χ1n) is 11.3. The monoisotopic (exact) mass is 468 g/mol. The number of aliphatic hydroxyl groups excluding tert-OH is 1. The standard InChI is InChI=1S/C25H28N2O7/c28-12-22(24(30)31)26-23(29)11-15-13-33-10-9-21(15)27-25(32)34-14-20-18-7-3-1-5-16(18)17-6-2-4-8-19(17)20/h1-8,15,20-22,28H,9-14H2,(H,26,29)(H,27,32)(H,30,31)/t15?,21?,22-/m0/s1. The zero-order valence-corrected chi connectivity index (χ0v) is 18.6. The first-order chi connectivity index (χ1) is 16.5. The van der Waals surface area contributed by atoms with Gasteiger partial charge in [-0.05, 0) is 28.7 Å². The summed E-state index contributed by atoms with van der Waals surface area (Å²) in [6.45, 7) is 0.161. The smallest absolute Gasteiger partial charge is 0.407 e. The van der Waals surface area contributed by atoms with Crippen LogP contribution in [0, 0.1) is 5.92 Å². The molecule has 3 atom stereocenters. The number of carboxylic acids is 1. The van der Waals surface area contributed by atoms with Gasteiger partial charge in [-0.1, -0.05) is 48.5 Å². The van der Waals surface area contributed by atoms with Crippen LogP contribution in [0.1, 0.15) is 29.9 Å². The van der Waals surface area contributed by atoms with Gasteiger partial charge in [-0.15, -0.1) is 0 Å². The molecule has 2 aromatic rings. The Balaban J connectivity index is 1.35. The number of hydrogen-bond acceptors (Lipinski definition) is 6. The van der Waals surface area contributed by atoms with E-state index in [1.54, 1.807) is 0 Å². The van der Waals surface area contributed by atoms with E-state index >= 15 is 0 Å². The lowest BCUT2D eigenvalue weighted by Crippen LogP contribution is -2.49. The Kier molecular flexibility index (Phi) is 7.44. The molecule has 180 valence electrons. The van der Waals surface area contributed by atoms with Crippen molar-refractivity contribution in [1.82, 2.24) is 10.6 Å². The van der Waals surface area contributed by atoms with E-state index < -0.39 is 30.6 Å². The molecule has 9 heteroatoms. The summed E-state index contributed by atoms with van der Waals surface area (Å²) in [6, 6.07) is 14.4. The molecule has 0 radical (unpaired) electrons. The third-order valence-electron chi connectivity index (χ3n) is 6.38. The summed E-state index contributed by atoms with van der Waals surface area (Å²) in [4.78, 5) is 35.9. The lowest BCUT2D eigenvalue weighted by Gasteiger charge is -2.31. The van der Waals surface area contributed by atoms with Crippen LogP contribution in [0.4, 0.5) is 4.79 Å². The summed E-state index contributed by atoms with van der Waals surface area (Å²) in [5, 5.41) is 23.2. The van der Waals surface area contributed by atoms with Crippen LogP contribution in [0.25, 0.3) is 11.1 Å². The van der Waals surface area contributed by atoms with E-state index in [1.807, 2.05) is 36.4 Å². The average molecular weight is 469 g/mol. The van der Waals surface area contributed by atoms with E-state index in [1.165, 1.54) is 0 Å². The third kappa shape index (κ3) is 5.21. The lowest BCUT2D eigenvalue weighted by atomic mass is 9.92. The van der Waals surface area contributed by atoms with Crippen LogP contribution in [-0.2, 0) is 19.1 Å². The van der Waals surface area contributed by atoms with E-state index in [0.29, 0.717) is 13.0 Å². The lowest BCUT2D eigenvalue weighted by molar-refractivity contribution is -0.143. The normalized spacial score (nSPS) is 20.0. The summed E-state index contributed by atoms with van der Waals surface area (Å²) in [7, 11) is 0. The van der Waals surface area contributed by atoms with Gasteiger partial charge in [0.2, 0.25) is 5.91 Å². The number of aliphatic hydroxyl groups is 1. The van der Waals surface area contributed by atoms with Crippen LogP contribution in [0.5, 0.6) is 0 Å². The molecule has 2 unspecified atom stereocenters. The molecule has 34 heavy (non-hydrogen) atoms. The van der Waals surface area contributed by atoms with Crippen LogP contribution < -0.4 is 10.6 Å². The molecule has 1 saturated heterocycles. The van der Waals surface area contributed by atoms with Gasteiger partial charge >= 0.3 is 12.1 Å². The van der Waals surface area contributed by atoms with Gasteiger partial charge in [0, 0.05) is 30.9 Å². The van der Waals surface area contributed by atoms with Crippen molar-refractivity contribution in [3.8, 4) is 11.1 Å². The van der Waals surface area contributed by atoms with Gasteiger partial charge in [0.05, 0.1) is 13.2 Å². The molecule has 0 aromatic heterocycles. The van der Waals surface area contributed by atoms with Gasteiger partial charge in [-0.25, -0.2) is 9.59 Å². The highest BCUT2D eigenvalue weighted by Crippen LogP contribution is 2.44. The van der Waals surface area contributed by atoms with Crippen molar-refractivity contribution < 1.29 is 34.1 Å². The van der Waals surface area contributed by atoms with Gasteiger partial charge < -0.3 is 30.3 Å². The average Bonchev–Trinajstić information content (AvgIpc) is 3.16. The van der Waals surface area contributed by atoms with Gasteiger partial charge in [0.15, 0.2) is 0 Å². The van der Waals surface area contributed by atoms with Crippen LogP contribution in [-0.4, -0.2) is 66.7 Å². The number of aliphatic carboxylic acids is 1. The number of fused-ring (bicyclic) bond motifs is 3. The summed E-state index contributed by atoms with van der Waals surface area (Å²) >= 11 is 0. The second-order valence-corrected chi connectivity index (χ2v) is 8.55. The summed E-state index contributed by atoms with van der Waals surface area (Å²) in [5.74, 6) is -2.25. The molecule has 2 aliphatic rings. The molecule has 9 nitrogen and oxygen atoms in total. The Hall–Kier alpha value is -3.43. The Morgan fingerprint density at radius 3 is 2.32 bits per heavy atom. The van der Waals surface area contributed by atoms with Gasteiger partial charge in [0.25, 0.3) is 0 Å². The zero-order chi connectivity index (χ0) is 24.1. The molecule has 1 fully saturated rings. The minimum absolute atomic E-state index is 0.0435. The predicted octanol–water partition coefficient (Wildman–Crippen LogP) is 1.88. The van der Waals surface area contributed by atoms with Gasteiger partial charge in [-0.2, -0.15) is 0 Å². The van der Waals surface area contributed by atoms with E-state index in [0.717, 1.165) is 22.3 Å². The first-order valence-corrected chi connectivity index (χ1v) is 11.3. The SMILES string of the molecule is O=C(CC1COCCC1NC(=O)OCC1c2ccccc2-c2ccccc21)N[C@@H](CO)C(=O)O. The fourth-order valence-corrected chi connectivity index (χ4v) is 4.66. The van der Waals surface area contributed by atoms with Crippen molar-refractivity contribution in [2.75, 3.05) is 26.4 Å². The molecule has 1 heterocycles. The van der Waals surface area contributed by atoms with Crippen molar-refractivity contribution >= 4 is 18.0 Å². The number of carbonyl (C=O) groups excluding carboxylic acids is 2. The van der Waals surface area contributed by atoms with Crippen molar-refractivity contribution in [3.63, 3.8) is 0 Å². The zero-order valence-electron chi connectivity index (χ0n) is 18.6. The second kappa shape index (κ2) is 10.7. The highest BCUT2D eigenvalue weighted by atomic mass is 16.5. The van der Waals surface area contributed by atoms with E-state index in [9.17, 15) is 14.4 Å². The highest BCUT2D eigenvalue weighted by Gasteiger charge is 2.32. The molecule has 2 amide bonds. The van der Waals surface area contributed by atoms with Gasteiger partial charge in [-0.3, -0.25) is 4.79 Å². The van der Waals surface area contributed by atoms with Crippen LogP contribution in [0.3, 0.4) is 0 Å². The van der Waals surface area contributed by atoms with Crippen LogP contribution in [0.2, 0.25) is 0 Å². The molecule has 2 aromatic carbocycles. The number of rotatable bonds is 8. The quantitative estimate of drug-likeness (QED) is 0.465. The number of nitrogens with one attached hydrogen (secondary N) is 2.